The number of nitrogens with zero attached hydrogens (tertiary/aromatic N) is 1. The first kappa shape index (κ1) is 14.3. The monoisotopic (exact) mass is 264 g/mol. The van der Waals surface area contributed by atoms with Crippen molar-refractivity contribution in [2.24, 2.45) is 0 Å². The Balaban J connectivity index is 1.88. The van der Waals surface area contributed by atoms with Crippen LogP contribution in [-0.2, 0) is 6.42 Å². The minimum atomic E-state index is -0.120. The first-order valence-electron chi connectivity index (χ1n) is 7.04. The Morgan fingerprint density at radius 3 is 2.20 bits per heavy atom. The second kappa shape index (κ2) is 7.47. The van der Waals surface area contributed by atoms with Crippen molar-refractivity contribution in [2.75, 3.05) is 0 Å². The van der Waals surface area contributed by atoms with Gasteiger partial charge in [-0.1, -0.05) is 60.7 Å². The number of hydrogen-bond donors (Lipinski definition) is 1. The fraction of sp³-hybridized carbons (Fsp3) is 0.278. The molecule has 2 heteroatoms. The maximum atomic E-state index is 9.29. The highest BCUT2D eigenvalue weighted by Gasteiger charge is 2.12. The number of benzene rings is 2. The average molecular weight is 264 g/mol. The lowest BCUT2D eigenvalue weighted by Gasteiger charge is -2.18. The van der Waals surface area contributed by atoms with Gasteiger partial charge in [-0.15, -0.1) is 0 Å². The molecular weight excluding hydrogens is 244 g/mol. The van der Waals surface area contributed by atoms with E-state index in [1.165, 1.54) is 11.1 Å². The van der Waals surface area contributed by atoms with Crippen LogP contribution < -0.4 is 5.32 Å². The van der Waals surface area contributed by atoms with Crippen LogP contribution in [0.15, 0.2) is 60.7 Å². The summed E-state index contributed by atoms with van der Waals surface area (Å²) < 4.78 is 0. The van der Waals surface area contributed by atoms with Crippen molar-refractivity contribution in [3.63, 3.8) is 0 Å². The third-order valence-corrected chi connectivity index (χ3v) is 3.47. The molecular formula is C18H20N2. The zero-order valence-corrected chi connectivity index (χ0v) is 11.8. The van der Waals surface area contributed by atoms with Crippen molar-refractivity contribution < 1.29 is 0 Å². The van der Waals surface area contributed by atoms with Crippen LogP contribution in [0.4, 0.5) is 0 Å². The summed E-state index contributed by atoms with van der Waals surface area (Å²) in [5.41, 5.74) is 2.49. The van der Waals surface area contributed by atoms with Gasteiger partial charge in [0.05, 0.1) is 12.1 Å². The SMILES string of the molecule is C[C@@H](NC(C#N)CCc1ccccc1)c1ccccc1. The molecule has 0 aliphatic carbocycles. The van der Waals surface area contributed by atoms with Crippen LogP contribution in [-0.4, -0.2) is 6.04 Å². The fourth-order valence-corrected chi connectivity index (χ4v) is 2.28. The lowest BCUT2D eigenvalue weighted by Crippen LogP contribution is -2.30. The average Bonchev–Trinajstić information content (AvgIpc) is 2.53. The van der Waals surface area contributed by atoms with Crippen molar-refractivity contribution in [2.45, 2.75) is 31.8 Å². The quantitative estimate of drug-likeness (QED) is 0.860. The number of nitrogens with one attached hydrogen (secondary N) is 1. The molecule has 0 amide bonds. The Bertz CT molecular complexity index is 543. The maximum absolute atomic E-state index is 9.29. The maximum Gasteiger partial charge on any atom is 0.0960 e. The number of hydrogen-bond acceptors (Lipinski definition) is 2. The van der Waals surface area contributed by atoms with Gasteiger partial charge in [-0.05, 0) is 30.9 Å². The summed E-state index contributed by atoms with van der Waals surface area (Å²) in [6.07, 6.45) is 1.76. The molecule has 1 unspecified atom stereocenters. The van der Waals surface area contributed by atoms with Gasteiger partial charge < -0.3 is 0 Å². The number of aryl methyl sites for hydroxylation is 1. The van der Waals surface area contributed by atoms with E-state index in [0.717, 1.165) is 12.8 Å². The normalized spacial score (nSPS) is 13.4. The zero-order chi connectivity index (χ0) is 14.2. The first-order chi connectivity index (χ1) is 9.79. The summed E-state index contributed by atoms with van der Waals surface area (Å²) in [4.78, 5) is 0. The number of rotatable bonds is 6. The molecule has 2 aromatic carbocycles. The van der Waals surface area contributed by atoms with E-state index in [0.29, 0.717) is 0 Å². The fourth-order valence-electron chi connectivity index (χ4n) is 2.28. The smallest absolute Gasteiger partial charge is 0.0960 e. The summed E-state index contributed by atoms with van der Waals surface area (Å²) in [5, 5.41) is 12.7. The van der Waals surface area contributed by atoms with Crippen molar-refractivity contribution >= 4 is 0 Å². The Hall–Kier alpha value is -2.11. The highest BCUT2D eigenvalue weighted by atomic mass is 14.9. The molecule has 0 saturated carbocycles. The molecule has 0 heterocycles. The van der Waals surface area contributed by atoms with Gasteiger partial charge >= 0.3 is 0 Å². The molecule has 1 N–H and O–H groups in total. The molecule has 2 rings (SSSR count). The van der Waals surface area contributed by atoms with Gasteiger partial charge in [0, 0.05) is 6.04 Å². The second-order valence-corrected chi connectivity index (χ2v) is 5.00. The molecule has 0 aromatic heterocycles. The largest absolute Gasteiger partial charge is 0.295 e. The zero-order valence-electron chi connectivity index (χ0n) is 11.8. The topological polar surface area (TPSA) is 35.8 Å². The van der Waals surface area contributed by atoms with Gasteiger partial charge in [0.1, 0.15) is 0 Å². The van der Waals surface area contributed by atoms with E-state index < -0.39 is 0 Å². The minimum absolute atomic E-state index is 0.120. The number of nitriles is 1. The highest BCUT2D eigenvalue weighted by molar-refractivity contribution is 5.19. The molecule has 2 aromatic rings. The van der Waals surface area contributed by atoms with Gasteiger partial charge in [-0.2, -0.15) is 5.26 Å². The third kappa shape index (κ3) is 4.22. The summed E-state index contributed by atoms with van der Waals surface area (Å²) in [6, 6.07) is 23.0. The van der Waals surface area contributed by atoms with Gasteiger partial charge in [0.25, 0.3) is 0 Å². The molecule has 0 spiro atoms. The first-order valence-corrected chi connectivity index (χ1v) is 7.04. The minimum Gasteiger partial charge on any atom is -0.295 e. The van der Waals surface area contributed by atoms with E-state index in [1.54, 1.807) is 0 Å². The molecule has 0 saturated heterocycles. The van der Waals surface area contributed by atoms with Crippen LogP contribution in [0.1, 0.15) is 30.5 Å². The van der Waals surface area contributed by atoms with E-state index in [9.17, 15) is 5.26 Å². The lowest BCUT2D eigenvalue weighted by atomic mass is 10.0. The van der Waals surface area contributed by atoms with Crippen LogP contribution in [0.2, 0.25) is 0 Å². The predicted molar refractivity (Wildman–Crippen MR) is 82.2 cm³/mol. The Morgan fingerprint density at radius 1 is 1.00 bits per heavy atom. The van der Waals surface area contributed by atoms with Crippen LogP contribution >= 0.6 is 0 Å². The van der Waals surface area contributed by atoms with Crippen molar-refractivity contribution in [1.29, 1.82) is 5.26 Å². The highest BCUT2D eigenvalue weighted by Crippen LogP contribution is 2.13. The molecule has 2 atom stereocenters. The summed E-state index contributed by atoms with van der Waals surface area (Å²) in [7, 11) is 0. The molecule has 20 heavy (non-hydrogen) atoms. The molecule has 0 aliphatic heterocycles. The van der Waals surface area contributed by atoms with E-state index in [2.05, 4.69) is 42.6 Å². The summed E-state index contributed by atoms with van der Waals surface area (Å²) in [5.74, 6) is 0. The molecule has 0 fully saturated rings. The Labute approximate surface area is 121 Å². The van der Waals surface area contributed by atoms with Crippen molar-refractivity contribution in [1.82, 2.24) is 5.32 Å². The van der Waals surface area contributed by atoms with Crippen LogP contribution in [0.3, 0.4) is 0 Å². The van der Waals surface area contributed by atoms with Crippen LogP contribution in [0.25, 0.3) is 0 Å². The van der Waals surface area contributed by atoms with E-state index in [1.807, 2.05) is 36.4 Å². The van der Waals surface area contributed by atoms with Crippen molar-refractivity contribution in [3.8, 4) is 6.07 Å². The van der Waals surface area contributed by atoms with E-state index in [-0.39, 0.29) is 12.1 Å². The van der Waals surface area contributed by atoms with Gasteiger partial charge in [-0.25, -0.2) is 0 Å². The molecule has 0 aliphatic rings. The van der Waals surface area contributed by atoms with Gasteiger partial charge in [0.15, 0.2) is 0 Å². The predicted octanol–water partition coefficient (Wildman–Crippen LogP) is 3.86. The molecule has 0 bridgehead atoms. The summed E-state index contributed by atoms with van der Waals surface area (Å²) >= 11 is 0. The standard InChI is InChI=1S/C18H20N2/c1-15(17-10-6-3-7-11-17)20-18(14-19)13-12-16-8-4-2-5-9-16/h2-11,15,18,20H,12-13H2,1H3/t15-,18?/m1/s1. The summed E-state index contributed by atoms with van der Waals surface area (Å²) in [6.45, 7) is 2.10. The Morgan fingerprint density at radius 2 is 1.60 bits per heavy atom. The van der Waals surface area contributed by atoms with Crippen LogP contribution in [0, 0.1) is 11.3 Å². The second-order valence-electron chi connectivity index (χ2n) is 5.00. The third-order valence-electron chi connectivity index (χ3n) is 3.47. The molecule has 102 valence electrons. The molecule has 2 nitrogen and oxygen atoms in total. The van der Waals surface area contributed by atoms with Crippen molar-refractivity contribution in [3.05, 3.63) is 71.8 Å². The molecule has 0 radical (unpaired) electrons. The van der Waals surface area contributed by atoms with Gasteiger partial charge in [0.2, 0.25) is 0 Å². The van der Waals surface area contributed by atoms with E-state index >= 15 is 0 Å². The van der Waals surface area contributed by atoms with E-state index in [4.69, 9.17) is 0 Å². The van der Waals surface area contributed by atoms with Crippen LogP contribution in [0.5, 0.6) is 0 Å². The lowest BCUT2D eigenvalue weighted by molar-refractivity contribution is 0.495. The Kier molecular flexibility index (Phi) is 5.34. The van der Waals surface area contributed by atoms with Gasteiger partial charge in [-0.3, -0.25) is 5.32 Å².